The molecule has 128 valence electrons. The van der Waals surface area contributed by atoms with Gasteiger partial charge < -0.3 is 15.0 Å². The van der Waals surface area contributed by atoms with Crippen LogP contribution in [0.4, 0.5) is 10.1 Å². The third-order valence-corrected chi connectivity index (χ3v) is 4.43. The molecule has 1 aromatic heterocycles. The van der Waals surface area contributed by atoms with E-state index in [-0.39, 0.29) is 11.7 Å². The van der Waals surface area contributed by atoms with Gasteiger partial charge in [-0.15, -0.1) is 0 Å². The van der Waals surface area contributed by atoms with E-state index in [2.05, 4.69) is 10.3 Å². The van der Waals surface area contributed by atoms with Gasteiger partial charge in [0.1, 0.15) is 5.82 Å². The molecule has 1 N–H and O–H groups in total. The molecule has 1 aliphatic rings. The lowest BCUT2D eigenvalue weighted by molar-refractivity contribution is -0.133. The average Bonchev–Trinajstić information content (AvgIpc) is 2.60. The third-order valence-electron chi connectivity index (χ3n) is 4.43. The molecule has 0 aliphatic carbocycles. The molecule has 5 nitrogen and oxygen atoms in total. The highest BCUT2D eigenvalue weighted by atomic mass is 19.1. The second kappa shape index (κ2) is 7.57. The first-order valence-corrected chi connectivity index (χ1v) is 8.25. The maximum absolute atomic E-state index is 13.3. The maximum Gasteiger partial charge on any atom is 0.224 e. The zero-order valence-corrected chi connectivity index (χ0v) is 13.8. The number of hydrogen-bond acceptors (Lipinski definition) is 4. The Morgan fingerprint density at radius 3 is 2.92 bits per heavy atom. The number of hydrogen-bond donors (Lipinski definition) is 1. The average molecular weight is 331 g/mol. The van der Waals surface area contributed by atoms with Gasteiger partial charge in [-0.2, -0.15) is 0 Å². The number of amides is 1. The number of carbonyl (C=O) groups excluding carboxylic acids is 1. The van der Waals surface area contributed by atoms with Crippen molar-refractivity contribution in [3.8, 4) is 0 Å². The molecule has 0 bridgehead atoms. The number of benzene rings is 1. The normalized spacial score (nSPS) is 15.7. The number of nitrogens with one attached hydrogen (secondary N) is 1. The molecule has 3 rings (SSSR count). The van der Waals surface area contributed by atoms with E-state index in [0.29, 0.717) is 24.6 Å². The second-order valence-corrected chi connectivity index (χ2v) is 6.06. The summed E-state index contributed by atoms with van der Waals surface area (Å²) in [6, 6.07) is 6.86. The molecular weight excluding hydrogens is 309 g/mol. The van der Waals surface area contributed by atoms with E-state index in [1.165, 1.54) is 12.1 Å². The number of fused-ring (bicyclic) bond motifs is 1. The fourth-order valence-electron chi connectivity index (χ4n) is 3.09. The molecule has 1 fully saturated rings. The summed E-state index contributed by atoms with van der Waals surface area (Å²) in [6.07, 6.45) is 3.91. The largest absolute Gasteiger partial charge is 0.384 e. The van der Waals surface area contributed by atoms with Gasteiger partial charge in [-0.25, -0.2) is 4.39 Å². The molecule has 0 spiro atoms. The number of nitrogens with zero attached hydrogens (tertiary/aromatic N) is 2. The van der Waals surface area contributed by atoms with Crippen molar-refractivity contribution in [1.82, 2.24) is 9.88 Å². The van der Waals surface area contributed by atoms with Crippen LogP contribution < -0.4 is 5.32 Å². The smallest absolute Gasteiger partial charge is 0.224 e. The lowest BCUT2D eigenvalue weighted by atomic mass is 10.0. The van der Waals surface area contributed by atoms with Crippen LogP contribution in [0.3, 0.4) is 0 Å². The van der Waals surface area contributed by atoms with Crippen LogP contribution in [0.2, 0.25) is 0 Å². The Kier molecular flexibility index (Phi) is 5.25. The van der Waals surface area contributed by atoms with E-state index in [9.17, 15) is 9.18 Å². The summed E-state index contributed by atoms with van der Waals surface area (Å²) in [5, 5.41) is 4.44. The lowest BCUT2D eigenvalue weighted by Crippen LogP contribution is -2.42. The fourth-order valence-corrected chi connectivity index (χ4v) is 3.09. The quantitative estimate of drug-likeness (QED) is 0.915. The molecular formula is C18H22FN3O2. The maximum atomic E-state index is 13.3. The number of methoxy groups -OCH3 is 1. The molecule has 0 saturated carbocycles. The van der Waals surface area contributed by atoms with Crippen LogP contribution in [-0.4, -0.2) is 48.6 Å². The summed E-state index contributed by atoms with van der Waals surface area (Å²) in [6.45, 7) is 1.96. The van der Waals surface area contributed by atoms with Crippen molar-refractivity contribution in [3.05, 3.63) is 36.3 Å². The van der Waals surface area contributed by atoms with Crippen molar-refractivity contribution >= 4 is 22.5 Å². The van der Waals surface area contributed by atoms with Gasteiger partial charge in [0.15, 0.2) is 0 Å². The minimum Gasteiger partial charge on any atom is -0.384 e. The van der Waals surface area contributed by atoms with Crippen molar-refractivity contribution in [2.24, 2.45) is 0 Å². The fraction of sp³-hybridized carbons (Fsp3) is 0.444. The molecule has 0 radical (unpaired) electrons. The molecule has 1 saturated heterocycles. The van der Waals surface area contributed by atoms with Gasteiger partial charge in [-0.3, -0.25) is 9.78 Å². The standard InChI is InChI=1S/C18H22FN3O2/c1-24-11-7-18(23)22-9-5-14(6-10-22)21-16-4-8-20-17-12-13(19)2-3-15(16)17/h2-4,8,12,14H,5-7,9-11H2,1H3,(H,20,21). The van der Waals surface area contributed by atoms with Crippen molar-refractivity contribution in [3.63, 3.8) is 0 Å². The highest BCUT2D eigenvalue weighted by Gasteiger charge is 2.22. The molecule has 1 amide bonds. The Bertz CT molecular complexity index is 714. The SMILES string of the molecule is COCCC(=O)N1CCC(Nc2ccnc3cc(F)ccc23)CC1. The minimum atomic E-state index is -0.282. The molecule has 0 unspecified atom stereocenters. The van der Waals surface area contributed by atoms with E-state index < -0.39 is 0 Å². The van der Waals surface area contributed by atoms with Crippen molar-refractivity contribution in [1.29, 1.82) is 0 Å². The van der Waals surface area contributed by atoms with Crippen LogP contribution in [0.5, 0.6) is 0 Å². The number of ether oxygens (including phenoxy) is 1. The molecule has 6 heteroatoms. The van der Waals surface area contributed by atoms with Gasteiger partial charge in [0.05, 0.1) is 18.5 Å². The summed E-state index contributed by atoms with van der Waals surface area (Å²) >= 11 is 0. The molecule has 0 atom stereocenters. The number of rotatable bonds is 5. The van der Waals surface area contributed by atoms with Gasteiger partial charge in [0.25, 0.3) is 0 Å². The van der Waals surface area contributed by atoms with E-state index >= 15 is 0 Å². The summed E-state index contributed by atoms with van der Waals surface area (Å²) in [7, 11) is 1.61. The molecule has 2 heterocycles. The number of carbonyl (C=O) groups is 1. The van der Waals surface area contributed by atoms with E-state index in [1.54, 1.807) is 19.4 Å². The van der Waals surface area contributed by atoms with Gasteiger partial charge in [0, 0.05) is 49.6 Å². The van der Waals surface area contributed by atoms with E-state index in [4.69, 9.17) is 4.74 Å². The zero-order chi connectivity index (χ0) is 16.9. The molecule has 2 aromatic rings. The van der Waals surface area contributed by atoms with Crippen LogP contribution in [0.15, 0.2) is 30.5 Å². The number of halogens is 1. The molecule has 24 heavy (non-hydrogen) atoms. The zero-order valence-electron chi connectivity index (χ0n) is 13.8. The Balaban J connectivity index is 1.61. The first-order chi connectivity index (χ1) is 11.7. The van der Waals surface area contributed by atoms with Crippen LogP contribution in [0, 0.1) is 5.82 Å². The van der Waals surface area contributed by atoms with Crippen LogP contribution in [0.1, 0.15) is 19.3 Å². The van der Waals surface area contributed by atoms with E-state index in [1.807, 2.05) is 11.0 Å². The van der Waals surface area contributed by atoms with Gasteiger partial charge >= 0.3 is 0 Å². The first-order valence-electron chi connectivity index (χ1n) is 8.25. The summed E-state index contributed by atoms with van der Waals surface area (Å²) in [5.41, 5.74) is 1.61. The highest BCUT2D eigenvalue weighted by molar-refractivity contribution is 5.91. The van der Waals surface area contributed by atoms with E-state index in [0.717, 1.165) is 37.0 Å². The molecule has 1 aromatic carbocycles. The van der Waals surface area contributed by atoms with Crippen molar-refractivity contribution < 1.29 is 13.9 Å². The number of likely N-dealkylation sites (tertiary alicyclic amines) is 1. The first kappa shape index (κ1) is 16.6. The predicted octanol–water partition coefficient (Wildman–Crippen LogP) is 2.81. The lowest BCUT2D eigenvalue weighted by Gasteiger charge is -2.33. The predicted molar refractivity (Wildman–Crippen MR) is 91.4 cm³/mol. The van der Waals surface area contributed by atoms with Crippen LogP contribution in [-0.2, 0) is 9.53 Å². The van der Waals surface area contributed by atoms with Gasteiger partial charge in [-0.1, -0.05) is 0 Å². The van der Waals surface area contributed by atoms with Crippen molar-refractivity contribution in [2.75, 3.05) is 32.1 Å². The number of aromatic nitrogens is 1. The number of anilines is 1. The third kappa shape index (κ3) is 3.82. The van der Waals surface area contributed by atoms with Gasteiger partial charge in [-0.05, 0) is 31.0 Å². The number of piperidine rings is 1. The monoisotopic (exact) mass is 331 g/mol. The Morgan fingerprint density at radius 2 is 2.17 bits per heavy atom. The minimum absolute atomic E-state index is 0.153. The van der Waals surface area contributed by atoms with Crippen molar-refractivity contribution in [2.45, 2.75) is 25.3 Å². The van der Waals surface area contributed by atoms with Gasteiger partial charge in [0.2, 0.25) is 5.91 Å². The second-order valence-electron chi connectivity index (χ2n) is 6.06. The number of pyridine rings is 1. The summed E-state index contributed by atoms with van der Waals surface area (Å²) < 4.78 is 18.3. The van der Waals surface area contributed by atoms with Crippen LogP contribution >= 0.6 is 0 Å². The Morgan fingerprint density at radius 1 is 1.38 bits per heavy atom. The summed E-state index contributed by atoms with van der Waals surface area (Å²) in [4.78, 5) is 18.1. The van der Waals surface area contributed by atoms with Crippen LogP contribution in [0.25, 0.3) is 10.9 Å². The molecule has 1 aliphatic heterocycles. The Labute approximate surface area is 140 Å². The topological polar surface area (TPSA) is 54.5 Å². The Hall–Kier alpha value is -2.21. The summed E-state index contributed by atoms with van der Waals surface area (Å²) in [5.74, 6) is -0.129. The highest BCUT2D eigenvalue weighted by Crippen LogP contribution is 2.25.